The molecular weight excluding hydrogens is 258 g/mol. The first kappa shape index (κ1) is 13.6. The van der Waals surface area contributed by atoms with Gasteiger partial charge in [-0.05, 0) is 48.8 Å². The smallest absolute Gasteiger partial charge is 0.142 e. The topological polar surface area (TPSA) is 62.7 Å². The molecule has 3 rings (SSSR count). The normalized spacial score (nSPS) is 13.5. The molecule has 0 saturated carbocycles. The number of fused-ring (bicyclic) bond motifs is 1. The number of benzene rings is 1. The molecule has 0 atom stereocenters. The predicted octanol–water partition coefficient (Wildman–Crippen LogP) is 3.64. The number of nitrogens with two attached hydrogens (primary N) is 1. The van der Waals surface area contributed by atoms with Gasteiger partial charge in [0.15, 0.2) is 0 Å². The van der Waals surface area contributed by atoms with Crippen LogP contribution in [0.15, 0.2) is 24.3 Å². The van der Waals surface area contributed by atoms with E-state index in [0.717, 1.165) is 48.9 Å². The lowest BCUT2D eigenvalue weighted by Crippen LogP contribution is -2.11. The lowest BCUT2D eigenvalue weighted by atomic mass is 9.86. The summed E-state index contributed by atoms with van der Waals surface area (Å²) in [4.78, 5) is 4.46. The molecule has 0 radical (unpaired) electrons. The maximum absolute atomic E-state index is 9.49. The number of rotatable bonds is 2. The van der Waals surface area contributed by atoms with Gasteiger partial charge in [0.25, 0.3) is 0 Å². The molecule has 3 heteroatoms. The van der Waals surface area contributed by atoms with Gasteiger partial charge in [0, 0.05) is 11.3 Å². The number of nitriles is 1. The third-order valence-electron chi connectivity index (χ3n) is 4.26. The van der Waals surface area contributed by atoms with E-state index in [9.17, 15) is 5.26 Å². The Morgan fingerprint density at radius 3 is 2.57 bits per heavy atom. The minimum absolute atomic E-state index is 0.368. The fourth-order valence-corrected chi connectivity index (χ4v) is 3.10. The fraction of sp³-hybridized carbons (Fsp3) is 0.333. The van der Waals surface area contributed by atoms with E-state index in [-0.39, 0.29) is 0 Å². The van der Waals surface area contributed by atoms with Gasteiger partial charge >= 0.3 is 0 Å². The van der Waals surface area contributed by atoms with Gasteiger partial charge in [0.2, 0.25) is 0 Å². The molecule has 0 spiro atoms. The summed E-state index contributed by atoms with van der Waals surface area (Å²) in [5, 5.41) is 9.49. The molecule has 1 aromatic carbocycles. The molecule has 106 valence electrons. The van der Waals surface area contributed by atoms with Gasteiger partial charge in [0.05, 0.1) is 0 Å². The van der Waals surface area contributed by atoms with Gasteiger partial charge in [-0.25, -0.2) is 4.98 Å². The first-order valence-electron chi connectivity index (χ1n) is 7.55. The highest BCUT2D eigenvalue weighted by Gasteiger charge is 2.21. The second kappa shape index (κ2) is 5.57. The van der Waals surface area contributed by atoms with Crippen LogP contribution in [0.2, 0.25) is 0 Å². The Balaban J connectivity index is 2.23. The van der Waals surface area contributed by atoms with Crippen LogP contribution >= 0.6 is 0 Å². The number of aryl methyl sites for hydroxylation is 2. The van der Waals surface area contributed by atoms with Crippen LogP contribution in [-0.2, 0) is 19.3 Å². The number of anilines is 1. The Bertz CT molecular complexity index is 709. The summed E-state index contributed by atoms with van der Waals surface area (Å²) in [7, 11) is 0. The Hall–Kier alpha value is -2.34. The SMILES string of the molecule is CCc1ccc(-c2c(C#N)c(N)nc3c2CCCC3)cc1. The second-order valence-corrected chi connectivity index (χ2v) is 5.54. The van der Waals surface area contributed by atoms with E-state index in [1.165, 1.54) is 11.1 Å². The zero-order valence-corrected chi connectivity index (χ0v) is 12.3. The van der Waals surface area contributed by atoms with E-state index in [1.807, 2.05) is 0 Å². The molecule has 0 saturated heterocycles. The van der Waals surface area contributed by atoms with Crippen LogP contribution in [0.25, 0.3) is 11.1 Å². The van der Waals surface area contributed by atoms with Crippen molar-refractivity contribution in [2.24, 2.45) is 0 Å². The zero-order chi connectivity index (χ0) is 14.8. The highest BCUT2D eigenvalue weighted by molar-refractivity contribution is 5.79. The third kappa shape index (κ3) is 2.38. The molecule has 3 nitrogen and oxygen atoms in total. The molecule has 1 heterocycles. The Morgan fingerprint density at radius 2 is 1.90 bits per heavy atom. The van der Waals surface area contributed by atoms with E-state index in [0.29, 0.717) is 11.4 Å². The first-order valence-corrected chi connectivity index (χ1v) is 7.55. The predicted molar refractivity (Wildman–Crippen MR) is 84.8 cm³/mol. The van der Waals surface area contributed by atoms with Crippen LogP contribution in [0.5, 0.6) is 0 Å². The van der Waals surface area contributed by atoms with Crippen LogP contribution in [0, 0.1) is 11.3 Å². The van der Waals surface area contributed by atoms with Crippen molar-refractivity contribution in [3.63, 3.8) is 0 Å². The Labute approximate surface area is 125 Å². The van der Waals surface area contributed by atoms with Crippen molar-refractivity contribution in [3.8, 4) is 17.2 Å². The number of hydrogen-bond donors (Lipinski definition) is 1. The number of hydrogen-bond acceptors (Lipinski definition) is 3. The number of pyridine rings is 1. The Kier molecular flexibility index (Phi) is 3.62. The Morgan fingerprint density at radius 1 is 1.19 bits per heavy atom. The molecule has 1 aliphatic carbocycles. The molecule has 1 aromatic heterocycles. The van der Waals surface area contributed by atoms with Crippen molar-refractivity contribution in [2.75, 3.05) is 5.73 Å². The van der Waals surface area contributed by atoms with Crippen LogP contribution < -0.4 is 5.73 Å². The van der Waals surface area contributed by atoms with E-state index in [2.05, 4.69) is 42.2 Å². The quantitative estimate of drug-likeness (QED) is 0.911. The summed E-state index contributed by atoms with van der Waals surface area (Å²) < 4.78 is 0. The summed E-state index contributed by atoms with van der Waals surface area (Å²) in [6.07, 6.45) is 5.28. The highest BCUT2D eigenvalue weighted by atomic mass is 14.9. The third-order valence-corrected chi connectivity index (χ3v) is 4.26. The minimum atomic E-state index is 0.368. The average molecular weight is 277 g/mol. The molecule has 0 fully saturated rings. The molecule has 1 aliphatic rings. The largest absolute Gasteiger partial charge is 0.383 e. The summed E-state index contributed by atoms with van der Waals surface area (Å²) >= 11 is 0. The summed E-state index contributed by atoms with van der Waals surface area (Å²) in [6.45, 7) is 2.14. The molecule has 21 heavy (non-hydrogen) atoms. The van der Waals surface area contributed by atoms with Crippen molar-refractivity contribution in [1.29, 1.82) is 5.26 Å². The van der Waals surface area contributed by atoms with E-state index < -0.39 is 0 Å². The lowest BCUT2D eigenvalue weighted by molar-refractivity contribution is 0.670. The summed E-state index contributed by atoms with van der Waals surface area (Å²) in [5.41, 5.74) is 12.2. The van der Waals surface area contributed by atoms with Crippen molar-refractivity contribution in [2.45, 2.75) is 39.0 Å². The average Bonchev–Trinajstić information content (AvgIpc) is 2.53. The maximum atomic E-state index is 9.49. The fourth-order valence-electron chi connectivity index (χ4n) is 3.10. The summed E-state index contributed by atoms with van der Waals surface area (Å²) in [6, 6.07) is 10.7. The molecule has 2 N–H and O–H groups in total. The first-order chi connectivity index (χ1) is 10.2. The van der Waals surface area contributed by atoms with E-state index in [4.69, 9.17) is 5.73 Å². The van der Waals surface area contributed by atoms with Crippen molar-refractivity contribution in [3.05, 3.63) is 46.6 Å². The number of nitrogens with zero attached hydrogens (tertiary/aromatic N) is 2. The van der Waals surface area contributed by atoms with Crippen LogP contribution in [0.4, 0.5) is 5.82 Å². The van der Waals surface area contributed by atoms with Gasteiger partial charge in [-0.15, -0.1) is 0 Å². The van der Waals surface area contributed by atoms with E-state index in [1.54, 1.807) is 0 Å². The van der Waals surface area contributed by atoms with Gasteiger partial charge < -0.3 is 5.73 Å². The monoisotopic (exact) mass is 277 g/mol. The molecule has 0 unspecified atom stereocenters. The van der Waals surface area contributed by atoms with Crippen LogP contribution in [-0.4, -0.2) is 4.98 Å². The van der Waals surface area contributed by atoms with Gasteiger partial charge in [0.1, 0.15) is 17.5 Å². The number of nitrogen functional groups attached to an aromatic ring is 1. The van der Waals surface area contributed by atoms with Gasteiger partial charge in [-0.3, -0.25) is 0 Å². The van der Waals surface area contributed by atoms with Crippen molar-refractivity contribution < 1.29 is 0 Å². The van der Waals surface area contributed by atoms with Gasteiger partial charge in [-0.1, -0.05) is 31.2 Å². The van der Waals surface area contributed by atoms with Crippen LogP contribution in [0.1, 0.15) is 42.1 Å². The lowest BCUT2D eigenvalue weighted by Gasteiger charge is -2.21. The van der Waals surface area contributed by atoms with Gasteiger partial charge in [-0.2, -0.15) is 5.26 Å². The van der Waals surface area contributed by atoms with Crippen molar-refractivity contribution >= 4 is 5.82 Å². The molecule has 0 aliphatic heterocycles. The highest BCUT2D eigenvalue weighted by Crippen LogP contribution is 2.35. The minimum Gasteiger partial charge on any atom is -0.383 e. The van der Waals surface area contributed by atoms with E-state index >= 15 is 0 Å². The zero-order valence-electron chi connectivity index (χ0n) is 12.3. The van der Waals surface area contributed by atoms with Crippen LogP contribution in [0.3, 0.4) is 0 Å². The van der Waals surface area contributed by atoms with Crippen molar-refractivity contribution in [1.82, 2.24) is 4.98 Å². The second-order valence-electron chi connectivity index (χ2n) is 5.54. The number of aromatic nitrogens is 1. The maximum Gasteiger partial charge on any atom is 0.142 e. The molecule has 2 aromatic rings. The molecule has 0 amide bonds. The summed E-state index contributed by atoms with van der Waals surface area (Å²) in [5.74, 6) is 0.368. The molecular formula is C18H19N3. The molecule has 0 bridgehead atoms. The standard InChI is InChI=1S/C18H19N3/c1-2-12-7-9-13(10-8-12)17-14-5-3-4-6-16(14)21-18(20)15(17)11-19/h7-10H,2-6H2,1H3,(H2,20,21).